The lowest BCUT2D eigenvalue weighted by atomic mass is 9.93. The van der Waals surface area contributed by atoms with Gasteiger partial charge in [0.25, 0.3) is 0 Å². The highest BCUT2D eigenvalue weighted by molar-refractivity contribution is 6.05. The Kier molecular flexibility index (Phi) is 8.24. The van der Waals surface area contributed by atoms with E-state index < -0.39 is 5.97 Å². The molecule has 42 heavy (non-hydrogen) atoms. The Morgan fingerprint density at radius 1 is 1.05 bits per heavy atom. The largest absolute Gasteiger partial charge is 0.459 e. The first-order chi connectivity index (χ1) is 20.1. The normalized spacial score (nSPS) is 13.5. The van der Waals surface area contributed by atoms with Gasteiger partial charge in [-0.3, -0.25) is 9.59 Å². The van der Waals surface area contributed by atoms with Gasteiger partial charge in [-0.1, -0.05) is 36.9 Å². The van der Waals surface area contributed by atoms with Crippen molar-refractivity contribution < 1.29 is 19.1 Å². The quantitative estimate of drug-likeness (QED) is 0.217. The minimum Gasteiger partial charge on any atom is -0.459 e. The number of allylic oxidation sites excluding steroid dienone is 1. The molecule has 2 aromatic heterocycles. The summed E-state index contributed by atoms with van der Waals surface area (Å²) in [5.74, 6) is -0.379. The number of nitrogens with zero attached hydrogens (tertiary/aromatic N) is 3. The summed E-state index contributed by atoms with van der Waals surface area (Å²) in [6, 6.07) is 16.2. The van der Waals surface area contributed by atoms with Crippen molar-refractivity contribution in [3.8, 4) is 22.4 Å². The third-order valence-electron chi connectivity index (χ3n) is 7.68. The van der Waals surface area contributed by atoms with E-state index in [1.807, 2.05) is 62.1 Å². The third kappa shape index (κ3) is 5.98. The number of anilines is 1. The molecule has 2 aromatic carbocycles. The molecule has 0 atom stereocenters. The number of aromatic nitrogens is 2. The average molecular weight is 565 g/mol. The van der Waals surface area contributed by atoms with Crippen LogP contribution in [0.15, 0.2) is 67.4 Å². The van der Waals surface area contributed by atoms with Gasteiger partial charge in [0.1, 0.15) is 5.65 Å². The minimum atomic E-state index is -0.430. The van der Waals surface area contributed by atoms with Crippen molar-refractivity contribution in [2.24, 2.45) is 0 Å². The number of rotatable bonds is 8. The maximum atomic E-state index is 12.8. The number of carbonyl (C=O) groups excluding carboxylic acids is 3. The fourth-order valence-corrected chi connectivity index (χ4v) is 5.40. The van der Waals surface area contributed by atoms with Crippen LogP contribution in [0.5, 0.6) is 0 Å². The predicted molar refractivity (Wildman–Crippen MR) is 166 cm³/mol. The molecule has 3 heterocycles. The Morgan fingerprint density at radius 2 is 1.81 bits per heavy atom. The molecule has 1 amide bonds. The molecule has 1 aliphatic heterocycles. The third-order valence-corrected chi connectivity index (χ3v) is 7.68. The number of benzene rings is 2. The number of H-pyrrole nitrogens is 1. The molecule has 0 spiro atoms. The monoisotopic (exact) mass is 564 g/mol. The number of hydrogen-bond donors (Lipinski definition) is 1. The van der Waals surface area contributed by atoms with Crippen molar-refractivity contribution in [3.63, 3.8) is 0 Å². The maximum Gasteiger partial charge on any atom is 0.339 e. The van der Waals surface area contributed by atoms with Crippen LogP contribution in [-0.2, 0) is 20.7 Å². The molecule has 0 unspecified atom stereocenters. The lowest BCUT2D eigenvalue weighted by Gasteiger charge is -2.35. The number of fused-ring (bicyclic) bond motifs is 1. The second-order valence-corrected chi connectivity index (χ2v) is 11.0. The van der Waals surface area contributed by atoms with Crippen LogP contribution in [0.3, 0.4) is 0 Å². The minimum absolute atomic E-state index is 0.0487. The van der Waals surface area contributed by atoms with E-state index in [9.17, 15) is 14.4 Å². The highest BCUT2D eigenvalue weighted by Gasteiger charge is 2.22. The van der Waals surface area contributed by atoms with E-state index in [2.05, 4.69) is 33.6 Å². The van der Waals surface area contributed by atoms with E-state index >= 15 is 0 Å². The molecular weight excluding hydrogens is 528 g/mol. The van der Waals surface area contributed by atoms with Gasteiger partial charge in [0.05, 0.1) is 17.4 Å². The highest BCUT2D eigenvalue weighted by atomic mass is 16.5. The van der Waals surface area contributed by atoms with E-state index in [0.29, 0.717) is 24.3 Å². The van der Waals surface area contributed by atoms with Crippen LogP contribution < -0.4 is 4.90 Å². The summed E-state index contributed by atoms with van der Waals surface area (Å²) in [7, 11) is 0. The summed E-state index contributed by atoms with van der Waals surface area (Å²) in [5, 5.41) is 0.786. The summed E-state index contributed by atoms with van der Waals surface area (Å²) in [5.41, 5.74) is 7.63. The molecule has 216 valence electrons. The van der Waals surface area contributed by atoms with Crippen molar-refractivity contribution in [1.29, 1.82) is 0 Å². The Morgan fingerprint density at radius 3 is 2.50 bits per heavy atom. The summed E-state index contributed by atoms with van der Waals surface area (Å²) in [4.78, 5) is 49.2. The standard InChI is InChI=1S/C34H36N4O4/c1-6-29(40)18-26-16-24(11-10-22(26)4)31-30-19-27(34(41)42-21(2)3)20-35-33(30)36-32(31)25-8-7-9-28(17-25)38-14-12-37(13-15-38)23(5)39/h6-11,16-17,19-21H,1,12-15,18H2,2-5H3,(H,35,36). The van der Waals surface area contributed by atoms with Crippen molar-refractivity contribution in [3.05, 3.63) is 84.1 Å². The zero-order valence-electron chi connectivity index (χ0n) is 24.6. The number of ketones is 1. The molecule has 8 heteroatoms. The first kappa shape index (κ1) is 28.8. The van der Waals surface area contributed by atoms with Gasteiger partial charge in [0.15, 0.2) is 5.78 Å². The topological polar surface area (TPSA) is 95.6 Å². The van der Waals surface area contributed by atoms with Gasteiger partial charge in [0.2, 0.25) is 5.91 Å². The summed E-state index contributed by atoms with van der Waals surface area (Å²) >= 11 is 0. The fourth-order valence-electron chi connectivity index (χ4n) is 5.40. The van der Waals surface area contributed by atoms with Crippen LogP contribution >= 0.6 is 0 Å². The number of aryl methyl sites for hydroxylation is 1. The van der Waals surface area contributed by atoms with Gasteiger partial charge < -0.3 is 19.5 Å². The van der Waals surface area contributed by atoms with Crippen LogP contribution in [0.25, 0.3) is 33.4 Å². The molecule has 8 nitrogen and oxygen atoms in total. The second-order valence-electron chi connectivity index (χ2n) is 11.0. The second kappa shape index (κ2) is 12.0. The Labute approximate surface area is 246 Å². The van der Waals surface area contributed by atoms with Crippen LogP contribution in [0.4, 0.5) is 5.69 Å². The number of hydrogen-bond acceptors (Lipinski definition) is 6. The van der Waals surface area contributed by atoms with Gasteiger partial charge in [-0.05, 0) is 61.7 Å². The SMILES string of the molecule is C=CC(=O)Cc1cc(-c2c(-c3cccc(N4CCN(C(C)=O)CC4)c3)[nH]c3ncc(C(=O)OC(C)C)cc23)ccc1C. The summed E-state index contributed by atoms with van der Waals surface area (Å²) in [6.07, 6.45) is 2.89. The average Bonchev–Trinajstić information content (AvgIpc) is 3.37. The van der Waals surface area contributed by atoms with Gasteiger partial charge in [0, 0.05) is 67.9 Å². The smallest absolute Gasteiger partial charge is 0.339 e. The molecule has 0 bridgehead atoms. The maximum absolute atomic E-state index is 12.8. The van der Waals surface area contributed by atoms with Crippen molar-refractivity contribution in [2.45, 2.75) is 40.2 Å². The lowest BCUT2D eigenvalue weighted by Crippen LogP contribution is -2.48. The molecule has 4 aromatic rings. The van der Waals surface area contributed by atoms with Crippen LogP contribution in [0.1, 0.15) is 42.3 Å². The van der Waals surface area contributed by atoms with Crippen molar-refractivity contribution in [1.82, 2.24) is 14.9 Å². The molecule has 0 saturated carbocycles. The highest BCUT2D eigenvalue weighted by Crippen LogP contribution is 2.40. The first-order valence-electron chi connectivity index (χ1n) is 14.2. The molecule has 1 fully saturated rings. The van der Waals surface area contributed by atoms with Crippen LogP contribution in [0.2, 0.25) is 0 Å². The number of esters is 1. The van der Waals surface area contributed by atoms with Crippen molar-refractivity contribution >= 4 is 34.4 Å². The van der Waals surface area contributed by atoms with Crippen LogP contribution in [-0.4, -0.2) is 64.8 Å². The Balaban J connectivity index is 1.63. The number of pyridine rings is 1. The molecule has 1 N–H and O–H groups in total. The summed E-state index contributed by atoms with van der Waals surface area (Å²) < 4.78 is 5.45. The molecule has 0 aliphatic carbocycles. The van der Waals surface area contributed by atoms with Gasteiger partial charge in [-0.2, -0.15) is 0 Å². The molecular formula is C34H36N4O4. The number of ether oxygens (including phenoxy) is 1. The lowest BCUT2D eigenvalue weighted by molar-refractivity contribution is -0.129. The van der Waals surface area contributed by atoms with Gasteiger partial charge in [-0.25, -0.2) is 9.78 Å². The van der Waals surface area contributed by atoms with Gasteiger partial charge >= 0.3 is 5.97 Å². The molecule has 0 radical (unpaired) electrons. The van der Waals surface area contributed by atoms with Crippen LogP contribution in [0, 0.1) is 6.92 Å². The summed E-state index contributed by atoms with van der Waals surface area (Å²) in [6.45, 7) is 13.7. The molecule has 1 saturated heterocycles. The fraction of sp³-hybridized carbons (Fsp3) is 0.294. The number of nitrogens with one attached hydrogen (secondary N) is 1. The molecule has 1 aliphatic rings. The van der Waals surface area contributed by atoms with E-state index in [1.54, 1.807) is 6.92 Å². The number of amides is 1. The van der Waals surface area contributed by atoms with E-state index in [-0.39, 0.29) is 24.2 Å². The number of aromatic amines is 1. The van der Waals surface area contributed by atoms with Gasteiger partial charge in [-0.15, -0.1) is 0 Å². The zero-order valence-corrected chi connectivity index (χ0v) is 24.6. The van der Waals surface area contributed by atoms with E-state index in [1.165, 1.54) is 12.3 Å². The number of piperazine rings is 1. The van der Waals surface area contributed by atoms with E-state index in [0.717, 1.165) is 57.7 Å². The zero-order chi connectivity index (χ0) is 30.0. The van der Waals surface area contributed by atoms with E-state index in [4.69, 9.17) is 4.74 Å². The molecule has 5 rings (SSSR count). The Bertz CT molecular complexity index is 1680. The first-order valence-corrected chi connectivity index (χ1v) is 14.2. The Hall–Kier alpha value is -4.72. The number of carbonyl (C=O) groups is 3. The van der Waals surface area contributed by atoms with Crippen molar-refractivity contribution in [2.75, 3.05) is 31.1 Å². The predicted octanol–water partition coefficient (Wildman–Crippen LogP) is 5.74.